The Hall–Kier alpha value is -2.64. The van der Waals surface area contributed by atoms with E-state index in [1.807, 2.05) is 43.5 Å². The summed E-state index contributed by atoms with van der Waals surface area (Å²) in [6.45, 7) is 7.71. The quantitative estimate of drug-likeness (QED) is 0.516. The van der Waals surface area contributed by atoms with Gasteiger partial charge in [0.05, 0.1) is 30.0 Å². The third kappa shape index (κ3) is 5.25. The third-order valence-electron chi connectivity index (χ3n) is 4.22. The second-order valence-corrected chi connectivity index (χ2v) is 7.68. The minimum absolute atomic E-state index is 0.0843. The predicted molar refractivity (Wildman–Crippen MR) is 115 cm³/mol. The normalized spacial score (nSPS) is 12.0. The number of hydrogen-bond acceptors (Lipinski definition) is 5. The second-order valence-electron chi connectivity index (χ2n) is 6.67. The van der Waals surface area contributed by atoms with E-state index in [2.05, 4.69) is 4.99 Å². The number of nitrogens with zero attached hydrogens (tertiary/aromatic N) is 2. The van der Waals surface area contributed by atoms with Crippen molar-refractivity contribution in [1.82, 2.24) is 4.57 Å². The van der Waals surface area contributed by atoms with Crippen LogP contribution in [0.25, 0.3) is 10.2 Å². The van der Waals surface area contributed by atoms with Gasteiger partial charge in [0.2, 0.25) is 0 Å². The Morgan fingerprint density at radius 3 is 2.52 bits per heavy atom. The number of amides is 1. The van der Waals surface area contributed by atoms with Crippen LogP contribution in [-0.4, -0.2) is 36.9 Å². The van der Waals surface area contributed by atoms with Crippen LogP contribution in [-0.2, 0) is 11.3 Å². The van der Waals surface area contributed by atoms with Gasteiger partial charge in [-0.25, -0.2) is 0 Å². The molecule has 3 rings (SSSR count). The van der Waals surface area contributed by atoms with E-state index < -0.39 is 0 Å². The second kappa shape index (κ2) is 9.71. The highest BCUT2D eigenvalue weighted by atomic mass is 32.1. The number of aromatic nitrogens is 1. The van der Waals surface area contributed by atoms with Crippen molar-refractivity contribution in [1.29, 1.82) is 0 Å². The lowest BCUT2D eigenvalue weighted by molar-refractivity contribution is 0.0996. The van der Waals surface area contributed by atoms with Gasteiger partial charge < -0.3 is 18.8 Å². The molecule has 154 valence electrons. The van der Waals surface area contributed by atoms with Gasteiger partial charge in [-0.05, 0) is 63.2 Å². The van der Waals surface area contributed by atoms with Crippen molar-refractivity contribution >= 4 is 27.5 Å². The maximum Gasteiger partial charge on any atom is 0.279 e. The largest absolute Gasteiger partial charge is 0.497 e. The van der Waals surface area contributed by atoms with E-state index in [0.717, 1.165) is 21.7 Å². The smallest absolute Gasteiger partial charge is 0.279 e. The van der Waals surface area contributed by atoms with Crippen molar-refractivity contribution in [2.75, 3.05) is 20.3 Å². The van der Waals surface area contributed by atoms with Gasteiger partial charge in [0, 0.05) is 18.7 Å². The van der Waals surface area contributed by atoms with Crippen LogP contribution in [0.4, 0.5) is 0 Å². The number of methoxy groups -OCH3 is 1. The molecule has 0 radical (unpaired) electrons. The highest BCUT2D eigenvalue weighted by Crippen LogP contribution is 2.23. The molecule has 3 aromatic rings. The number of carbonyl (C=O) groups is 1. The van der Waals surface area contributed by atoms with Gasteiger partial charge >= 0.3 is 0 Å². The summed E-state index contributed by atoms with van der Waals surface area (Å²) >= 11 is 1.46. The first-order valence-corrected chi connectivity index (χ1v) is 10.4. The Bertz CT molecular complexity index is 1040. The zero-order valence-corrected chi connectivity index (χ0v) is 18.0. The summed E-state index contributed by atoms with van der Waals surface area (Å²) in [6, 6.07) is 12.9. The Kier molecular flexibility index (Phi) is 7.06. The maximum absolute atomic E-state index is 12.8. The molecule has 7 heteroatoms. The van der Waals surface area contributed by atoms with Crippen LogP contribution in [0.1, 0.15) is 31.1 Å². The standard InChI is InChI=1S/C22H26N2O4S/c1-5-27-13-12-24-19-11-10-18(26-4)14-20(19)29-22(24)23-21(25)16-6-8-17(9-7-16)28-15(2)3/h6-11,14-15H,5,12-13H2,1-4H3. The van der Waals surface area contributed by atoms with Crippen molar-refractivity contribution in [2.45, 2.75) is 33.4 Å². The highest BCUT2D eigenvalue weighted by Gasteiger charge is 2.11. The molecule has 0 atom stereocenters. The van der Waals surface area contributed by atoms with Crippen LogP contribution in [0, 0.1) is 0 Å². The summed E-state index contributed by atoms with van der Waals surface area (Å²) in [5.74, 6) is 1.22. The molecule has 0 unspecified atom stereocenters. The van der Waals surface area contributed by atoms with Crippen LogP contribution < -0.4 is 14.3 Å². The molecule has 0 spiro atoms. The molecule has 0 saturated carbocycles. The fraction of sp³-hybridized carbons (Fsp3) is 0.364. The highest BCUT2D eigenvalue weighted by molar-refractivity contribution is 7.16. The fourth-order valence-corrected chi connectivity index (χ4v) is 3.96. The first-order valence-electron chi connectivity index (χ1n) is 9.62. The molecule has 0 N–H and O–H groups in total. The summed E-state index contributed by atoms with van der Waals surface area (Å²) in [4.78, 5) is 17.8. The van der Waals surface area contributed by atoms with E-state index >= 15 is 0 Å². The SMILES string of the molecule is CCOCCn1c(=NC(=O)c2ccc(OC(C)C)cc2)sc2cc(OC)ccc21. The topological polar surface area (TPSA) is 62.1 Å². The van der Waals surface area contributed by atoms with Crippen molar-refractivity contribution in [3.8, 4) is 11.5 Å². The van der Waals surface area contributed by atoms with Gasteiger partial charge in [0.15, 0.2) is 4.80 Å². The Morgan fingerprint density at radius 1 is 1.14 bits per heavy atom. The molecule has 1 aromatic heterocycles. The first-order chi connectivity index (χ1) is 14.0. The van der Waals surface area contributed by atoms with E-state index in [-0.39, 0.29) is 12.0 Å². The zero-order chi connectivity index (χ0) is 20.8. The van der Waals surface area contributed by atoms with Crippen LogP contribution in [0.5, 0.6) is 11.5 Å². The molecule has 0 saturated heterocycles. The monoisotopic (exact) mass is 414 g/mol. The first kappa shape index (κ1) is 21.1. The summed E-state index contributed by atoms with van der Waals surface area (Å²) in [5, 5.41) is 0. The van der Waals surface area contributed by atoms with E-state index in [1.165, 1.54) is 11.3 Å². The molecule has 0 bridgehead atoms. The van der Waals surface area contributed by atoms with Gasteiger partial charge in [-0.2, -0.15) is 4.99 Å². The van der Waals surface area contributed by atoms with Gasteiger partial charge in [0.1, 0.15) is 11.5 Å². The van der Waals surface area contributed by atoms with Crippen LogP contribution in [0.15, 0.2) is 47.5 Å². The molecular formula is C22H26N2O4S. The lowest BCUT2D eigenvalue weighted by Crippen LogP contribution is -2.19. The number of hydrogen-bond donors (Lipinski definition) is 0. The van der Waals surface area contributed by atoms with Crippen molar-refractivity contribution in [3.05, 3.63) is 52.8 Å². The van der Waals surface area contributed by atoms with Crippen LogP contribution in [0.3, 0.4) is 0 Å². The molecule has 0 fully saturated rings. The predicted octanol–water partition coefficient (Wildman–Crippen LogP) is 4.28. The number of fused-ring (bicyclic) bond motifs is 1. The third-order valence-corrected chi connectivity index (χ3v) is 5.26. The summed E-state index contributed by atoms with van der Waals surface area (Å²) < 4.78 is 19.5. The number of benzene rings is 2. The molecular weight excluding hydrogens is 388 g/mol. The molecule has 1 heterocycles. The van der Waals surface area contributed by atoms with Crippen molar-refractivity contribution in [2.24, 2.45) is 4.99 Å². The Labute approximate surface area is 174 Å². The van der Waals surface area contributed by atoms with Gasteiger partial charge in [-0.15, -0.1) is 0 Å². The molecule has 29 heavy (non-hydrogen) atoms. The molecule has 0 aliphatic heterocycles. The fourth-order valence-electron chi connectivity index (χ4n) is 2.88. The van der Waals surface area contributed by atoms with E-state index in [1.54, 1.807) is 31.4 Å². The van der Waals surface area contributed by atoms with Crippen molar-refractivity contribution in [3.63, 3.8) is 0 Å². The van der Waals surface area contributed by atoms with Gasteiger partial charge in [-0.3, -0.25) is 4.79 Å². The van der Waals surface area contributed by atoms with Crippen molar-refractivity contribution < 1.29 is 19.0 Å². The van der Waals surface area contributed by atoms with Crippen LogP contribution in [0.2, 0.25) is 0 Å². The Balaban J connectivity index is 1.96. The minimum Gasteiger partial charge on any atom is -0.497 e. The number of carbonyl (C=O) groups excluding carboxylic acids is 1. The Morgan fingerprint density at radius 2 is 1.86 bits per heavy atom. The van der Waals surface area contributed by atoms with Gasteiger partial charge in [-0.1, -0.05) is 11.3 Å². The summed E-state index contributed by atoms with van der Waals surface area (Å²) in [7, 11) is 1.64. The lowest BCUT2D eigenvalue weighted by Gasteiger charge is -2.09. The van der Waals surface area contributed by atoms with E-state index in [0.29, 0.717) is 30.1 Å². The van der Waals surface area contributed by atoms with Gasteiger partial charge in [0.25, 0.3) is 5.91 Å². The number of thiazole rings is 1. The molecule has 1 amide bonds. The average Bonchev–Trinajstić information content (AvgIpc) is 3.04. The van der Waals surface area contributed by atoms with Crippen LogP contribution >= 0.6 is 11.3 Å². The number of ether oxygens (including phenoxy) is 3. The molecule has 0 aliphatic carbocycles. The van der Waals surface area contributed by atoms with E-state index in [9.17, 15) is 4.79 Å². The average molecular weight is 415 g/mol. The summed E-state index contributed by atoms with van der Waals surface area (Å²) in [6.07, 6.45) is 0.0843. The molecule has 6 nitrogen and oxygen atoms in total. The number of rotatable bonds is 8. The maximum atomic E-state index is 12.8. The van der Waals surface area contributed by atoms with E-state index in [4.69, 9.17) is 14.2 Å². The lowest BCUT2D eigenvalue weighted by atomic mass is 10.2. The zero-order valence-electron chi connectivity index (χ0n) is 17.2. The molecule has 0 aliphatic rings. The summed E-state index contributed by atoms with van der Waals surface area (Å²) in [5.41, 5.74) is 1.52. The molecule has 2 aromatic carbocycles. The minimum atomic E-state index is -0.287.